The number of benzene rings is 1. The molecule has 0 aliphatic carbocycles. The second-order valence-electron chi connectivity index (χ2n) is 9.98. The summed E-state index contributed by atoms with van der Waals surface area (Å²) in [6.07, 6.45) is -0.462. The lowest BCUT2D eigenvalue weighted by Gasteiger charge is -2.41. The number of aromatic nitrogens is 2. The van der Waals surface area contributed by atoms with Gasteiger partial charge in [0, 0.05) is 42.3 Å². The van der Waals surface area contributed by atoms with Crippen molar-refractivity contribution in [3.05, 3.63) is 59.5 Å². The van der Waals surface area contributed by atoms with E-state index in [0.717, 1.165) is 53.9 Å². The molecule has 1 fully saturated rings. The predicted molar refractivity (Wildman–Crippen MR) is 141 cm³/mol. The standard InChI is InChI=1S/C28H37F4N5/c1-4-22-23-9-6-7-10-24(23)35-26(22)27(3,37(5-2)19-28(30,31)32)25-12-11-20(17-33-25)34-21-13-16-36(18-21)15-8-14-29/h6-7,9-12,17,21,34-35H,4-5,8,13-16,18-19H2,1-3H3/t21-,27?/m1/s1. The number of likely N-dealkylation sites (tertiary alicyclic amines) is 1. The van der Waals surface area contributed by atoms with Crippen LogP contribution in [0.3, 0.4) is 0 Å². The van der Waals surface area contributed by atoms with Crippen LogP contribution in [0.4, 0.5) is 23.2 Å². The van der Waals surface area contributed by atoms with Gasteiger partial charge in [-0.3, -0.25) is 14.3 Å². The highest BCUT2D eigenvalue weighted by molar-refractivity contribution is 5.85. The summed E-state index contributed by atoms with van der Waals surface area (Å²) in [5.41, 5.74) is 2.91. The Kier molecular flexibility index (Phi) is 8.43. The van der Waals surface area contributed by atoms with E-state index in [-0.39, 0.29) is 19.3 Å². The summed E-state index contributed by atoms with van der Waals surface area (Å²) in [4.78, 5) is 11.9. The van der Waals surface area contributed by atoms with Gasteiger partial charge in [0.15, 0.2) is 0 Å². The number of nitrogens with zero attached hydrogens (tertiary/aromatic N) is 3. The van der Waals surface area contributed by atoms with Crippen molar-refractivity contribution in [2.24, 2.45) is 0 Å². The number of halogens is 4. The van der Waals surface area contributed by atoms with E-state index in [1.165, 1.54) is 4.90 Å². The summed E-state index contributed by atoms with van der Waals surface area (Å²) in [5, 5.41) is 4.51. The van der Waals surface area contributed by atoms with Gasteiger partial charge in [-0.15, -0.1) is 0 Å². The summed E-state index contributed by atoms with van der Waals surface area (Å²) in [5.74, 6) is 0. The Balaban J connectivity index is 1.68. The van der Waals surface area contributed by atoms with Crippen LogP contribution in [-0.2, 0) is 12.0 Å². The van der Waals surface area contributed by atoms with Crippen LogP contribution < -0.4 is 5.32 Å². The van der Waals surface area contributed by atoms with E-state index in [1.807, 2.05) is 50.2 Å². The molecule has 0 spiro atoms. The molecular weight excluding hydrogens is 482 g/mol. The van der Waals surface area contributed by atoms with Crippen LogP contribution in [0.15, 0.2) is 42.6 Å². The van der Waals surface area contributed by atoms with Gasteiger partial charge < -0.3 is 15.2 Å². The Morgan fingerprint density at radius 2 is 1.95 bits per heavy atom. The monoisotopic (exact) mass is 519 g/mol. The molecule has 1 aliphatic heterocycles. The highest BCUT2D eigenvalue weighted by Gasteiger charge is 2.44. The Hall–Kier alpha value is -2.65. The van der Waals surface area contributed by atoms with Gasteiger partial charge in [-0.05, 0) is 56.5 Å². The summed E-state index contributed by atoms with van der Waals surface area (Å²) in [6, 6.07) is 11.8. The SMILES string of the molecule is CCc1c(C(C)(c2ccc(N[C@@H]3CCN(CCCF)C3)cn2)N(CC)CC(F)(F)F)[nH]c2ccccc12. The van der Waals surface area contributed by atoms with E-state index >= 15 is 0 Å². The lowest BCUT2D eigenvalue weighted by molar-refractivity contribution is -0.156. The quantitative estimate of drug-likeness (QED) is 0.300. The predicted octanol–water partition coefficient (Wildman–Crippen LogP) is 6.12. The van der Waals surface area contributed by atoms with Crippen molar-refractivity contribution in [1.29, 1.82) is 0 Å². The van der Waals surface area contributed by atoms with Gasteiger partial charge in [0.1, 0.15) is 5.54 Å². The first-order valence-electron chi connectivity index (χ1n) is 13.1. The smallest absolute Gasteiger partial charge is 0.380 e. The summed E-state index contributed by atoms with van der Waals surface area (Å²) >= 11 is 0. The molecule has 1 unspecified atom stereocenters. The highest BCUT2D eigenvalue weighted by Crippen LogP contribution is 2.40. The van der Waals surface area contributed by atoms with Crippen LogP contribution in [0.1, 0.15) is 50.6 Å². The minimum atomic E-state index is -4.35. The Morgan fingerprint density at radius 1 is 1.16 bits per heavy atom. The third-order valence-corrected chi connectivity index (χ3v) is 7.55. The molecule has 202 valence electrons. The average Bonchev–Trinajstić information content (AvgIpc) is 3.49. The van der Waals surface area contributed by atoms with Crippen molar-refractivity contribution in [1.82, 2.24) is 19.8 Å². The molecule has 3 aromatic rings. The Labute approximate surface area is 216 Å². The van der Waals surface area contributed by atoms with Crippen molar-refractivity contribution in [2.75, 3.05) is 44.7 Å². The first kappa shape index (κ1) is 27.4. The molecular formula is C28H37F4N5. The molecule has 5 nitrogen and oxygen atoms in total. The third-order valence-electron chi connectivity index (χ3n) is 7.55. The largest absolute Gasteiger partial charge is 0.401 e. The van der Waals surface area contributed by atoms with Crippen LogP contribution >= 0.6 is 0 Å². The van der Waals surface area contributed by atoms with Crippen molar-refractivity contribution >= 4 is 16.6 Å². The Morgan fingerprint density at radius 3 is 2.59 bits per heavy atom. The van der Waals surface area contributed by atoms with Gasteiger partial charge in [-0.25, -0.2) is 0 Å². The summed E-state index contributed by atoms with van der Waals surface area (Å²) in [7, 11) is 0. The molecule has 2 N–H and O–H groups in total. The lowest BCUT2D eigenvalue weighted by atomic mass is 9.86. The number of hydrogen-bond acceptors (Lipinski definition) is 4. The number of hydrogen-bond donors (Lipinski definition) is 2. The van der Waals surface area contributed by atoms with Crippen LogP contribution in [0.5, 0.6) is 0 Å². The van der Waals surface area contributed by atoms with Gasteiger partial charge in [-0.2, -0.15) is 13.2 Å². The van der Waals surface area contributed by atoms with Gasteiger partial charge in [-0.1, -0.05) is 32.0 Å². The number of pyridine rings is 1. The second-order valence-corrected chi connectivity index (χ2v) is 9.98. The molecule has 37 heavy (non-hydrogen) atoms. The van der Waals surface area contributed by atoms with E-state index in [2.05, 4.69) is 15.2 Å². The first-order chi connectivity index (χ1) is 17.7. The zero-order chi connectivity index (χ0) is 26.6. The maximum atomic E-state index is 13.7. The van der Waals surface area contributed by atoms with Crippen molar-refractivity contribution in [3.63, 3.8) is 0 Å². The lowest BCUT2D eigenvalue weighted by Crippen LogP contribution is -2.50. The maximum Gasteiger partial charge on any atom is 0.401 e. The summed E-state index contributed by atoms with van der Waals surface area (Å²) < 4.78 is 53.7. The molecule has 0 bridgehead atoms. The molecule has 1 saturated heterocycles. The number of rotatable bonds is 11. The zero-order valence-electron chi connectivity index (χ0n) is 21.8. The molecule has 4 rings (SSSR count). The molecule has 1 aromatic carbocycles. The number of aromatic amines is 1. The third kappa shape index (κ3) is 5.93. The number of para-hydroxylation sites is 1. The molecule has 0 amide bonds. The maximum absolute atomic E-state index is 13.7. The van der Waals surface area contributed by atoms with Crippen molar-refractivity contribution in [3.8, 4) is 0 Å². The van der Waals surface area contributed by atoms with E-state index in [0.29, 0.717) is 18.5 Å². The van der Waals surface area contributed by atoms with Crippen LogP contribution in [0.25, 0.3) is 10.9 Å². The first-order valence-corrected chi connectivity index (χ1v) is 13.1. The molecule has 0 radical (unpaired) electrons. The minimum absolute atomic E-state index is 0.201. The molecule has 2 atom stereocenters. The molecule has 1 aliphatic rings. The number of H-pyrrole nitrogens is 1. The van der Waals surface area contributed by atoms with Crippen LogP contribution in [-0.4, -0.2) is 71.4 Å². The number of aryl methyl sites for hydroxylation is 1. The Bertz CT molecular complexity index is 1160. The number of alkyl halides is 4. The topological polar surface area (TPSA) is 47.2 Å². The molecule has 9 heteroatoms. The number of nitrogens with one attached hydrogen (secondary N) is 2. The second kappa shape index (κ2) is 11.4. The average molecular weight is 520 g/mol. The van der Waals surface area contributed by atoms with E-state index in [1.54, 1.807) is 13.1 Å². The molecule has 3 heterocycles. The van der Waals surface area contributed by atoms with Crippen molar-refractivity contribution < 1.29 is 17.6 Å². The molecule has 0 saturated carbocycles. The zero-order valence-corrected chi connectivity index (χ0v) is 21.8. The number of anilines is 1. The minimum Gasteiger partial charge on any atom is -0.380 e. The van der Waals surface area contributed by atoms with Crippen LogP contribution in [0, 0.1) is 0 Å². The van der Waals surface area contributed by atoms with Gasteiger partial charge in [0.25, 0.3) is 0 Å². The summed E-state index contributed by atoms with van der Waals surface area (Å²) in [6.45, 7) is 6.97. The van der Waals surface area contributed by atoms with E-state index in [4.69, 9.17) is 4.98 Å². The van der Waals surface area contributed by atoms with Crippen LogP contribution in [0.2, 0.25) is 0 Å². The fourth-order valence-electron chi connectivity index (χ4n) is 5.67. The fourth-order valence-corrected chi connectivity index (χ4v) is 5.67. The van der Waals surface area contributed by atoms with Gasteiger partial charge in [0.05, 0.1) is 30.8 Å². The van der Waals surface area contributed by atoms with Crippen molar-refractivity contribution in [2.45, 2.75) is 57.8 Å². The molecule has 2 aromatic heterocycles. The van der Waals surface area contributed by atoms with Gasteiger partial charge >= 0.3 is 6.18 Å². The van der Waals surface area contributed by atoms with E-state index in [9.17, 15) is 17.6 Å². The van der Waals surface area contributed by atoms with E-state index < -0.39 is 18.3 Å². The number of fused-ring (bicyclic) bond motifs is 1. The fraction of sp³-hybridized carbons (Fsp3) is 0.536. The highest BCUT2D eigenvalue weighted by atomic mass is 19.4. The van der Waals surface area contributed by atoms with Gasteiger partial charge in [0.2, 0.25) is 0 Å². The normalized spacial score (nSPS) is 18.5.